The van der Waals surface area contributed by atoms with Gasteiger partial charge in [0.25, 0.3) is 0 Å². The van der Waals surface area contributed by atoms with Crippen LogP contribution in [0.4, 0.5) is 0 Å². The minimum absolute atomic E-state index is 0.410. The molecule has 0 spiro atoms. The summed E-state index contributed by atoms with van der Waals surface area (Å²) in [5.74, 6) is 0.537. The van der Waals surface area contributed by atoms with Crippen LogP contribution in [0, 0.1) is 13.8 Å². The lowest BCUT2D eigenvalue weighted by molar-refractivity contribution is 0.0734. The van der Waals surface area contributed by atoms with Gasteiger partial charge in [-0.15, -0.1) is 11.3 Å². The number of nitrogens with zero attached hydrogens (tertiary/aromatic N) is 1. The van der Waals surface area contributed by atoms with Crippen LogP contribution in [0.25, 0.3) is 10.6 Å². The Morgan fingerprint density at radius 2 is 2.00 bits per heavy atom. The van der Waals surface area contributed by atoms with Crippen LogP contribution in [-0.4, -0.2) is 18.1 Å². The molecule has 2 aromatic heterocycles. The first-order valence-electron chi connectivity index (χ1n) is 6.95. The molecule has 0 amide bonds. The van der Waals surface area contributed by atoms with E-state index >= 15 is 0 Å². The molecule has 0 aliphatic rings. The normalized spacial score (nSPS) is 10.6. The molecule has 2 heterocycles. The van der Waals surface area contributed by atoms with E-state index in [9.17, 15) is 4.79 Å². The third kappa shape index (κ3) is 3.28. The molecule has 0 unspecified atom stereocenters. The third-order valence-electron chi connectivity index (χ3n) is 3.27. The maximum Gasteiger partial charge on any atom is 0.355 e. The van der Waals surface area contributed by atoms with Gasteiger partial charge in [0.15, 0.2) is 11.5 Å². The fourth-order valence-electron chi connectivity index (χ4n) is 2.10. The molecule has 0 atom stereocenters. The van der Waals surface area contributed by atoms with Crippen LogP contribution in [0.3, 0.4) is 0 Å². The lowest BCUT2D eigenvalue weighted by atomic mass is 10.2. The van der Waals surface area contributed by atoms with Gasteiger partial charge in [-0.25, -0.2) is 9.78 Å². The van der Waals surface area contributed by atoms with Crippen molar-refractivity contribution in [2.24, 2.45) is 0 Å². The molecule has 6 heteroatoms. The Morgan fingerprint density at radius 1 is 1.17 bits per heavy atom. The summed E-state index contributed by atoms with van der Waals surface area (Å²) in [6.45, 7) is 3.77. The van der Waals surface area contributed by atoms with Crippen LogP contribution in [0.15, 0.2) is 35.0 Å². The van der Waals surface area contributed by atoms with Crippen molar-refractivity contribution in [2.45, 2.75) is 13.8 Å². The highest BCUT2D eigenvalue weighted by atomic mass is 32.1. The number of rotatable bonds is 4. The van der Waals surface area contributed by atoms with Crippen molar-refractivity contribution in [3.8, 4) is 22.1 Å². The standard InChI is InChI=1S/C17H15NO3S2/c1-10-4-5-13(14(8-10)20-3)21-17(19)15-11(2)18-16(23-15)12-6-7-22-9-12/h4-9H,1-3H3. The van der Waals surface area contributed by atoms with E-state index in [1.54, 1.807) is 24.5 Å². The summed E-state index contributed by atoms with van der Waals surface area (Å²) in [6, 6.07) is 7.43. The summed E-state index contributed by atoms with van der Waals surface area (Å²) in [6.07, 6.45) is 0. The second-order valence-corrected chi connectivity index (χ2v) is 6.77. The predicted molar refractivity (Wildman–Crippen MR) is 92.9 cm³/mol. The van der Waals surface area contributed by atoms with Gasteiger partial charge < -0.3 is 9.47 Å². The minimum atomic E-state index is -0.413. The second-order valence-electron chi connectivity index (χ2n) is 4.99. The summed E-state index contributed by atoms with van der Waals surface area (Å²) in [7, 11) is 1.55. The Hall–Kier alpha value is -2.18. The van der Waals surface area contributed by atoms with Gasteiger partial charge in [0, 0.05) is 10.9 Å². The molecule has 3 rings (SSSR count). The van der Waals surface area contributed by atoms with E-state index in [0.29, 0.717) is 22.1 Å². The summed E-state index contributed by atoms with van der Waals surface area (Å²) in [4.78, 5) is 17.4. The zero-order valence-corrected chi connectivity index (χ0v) is 14.6. The van der Waals surface area contributed by atoms with E-state index < -0.39 is 5.97 Å². The van der Waals surface area contributed by atoms with Crippen LogP contribution >= 0.6 is 22.7 Å². The zero-order chi connectivity index (χ0) is 16.4. The van der Waals surface area contributed by atoms with Crippen LogP contribution in [-0.2, 0) is 0 Å². The van der Waals surface area contributed by atoms with Crippen molar-refractivity contribution < 1.29 is 14.3 Å². The van der Waals surface area contributed by atoms with Crippen molar-refractivity contribution in [1.82, 2.24) is 4.98 Å². The molecule has 0 N–H and O–H groups in total. The summed E-state index contributed by atoms with van der Waals surface area (Å²) < 4.78 is 10.8. The molecular formula is C17H15NO3S2. The quantitative estimate of drug-likeness (QED) is 0.507. The Balaban J connectivity index is 1.87. The maximum atomic E-state index is 12.5. The molecule has 0 saturated heterocycles. The van der Waals surface area contributed by atoms with Gasteiger partial charge in [-0.3, -0.25) is 0 Å². The minimum Gasteiger partial charge on any atom is -0.493 e. The van der Waals surface area contributed by atoms with E-state index in [1.165, 1.54) is 11.3 Å². The van der Waals surface area contributed by atoms with Crippen LogP contribution in [0.2, 0.25) is 0 Å². The van der Waals surface area contributed by atoms with Crippen molar-refractivity contribution in [3.63, 3.8) is 0 Å². The summed E-state index contributed by atoms with van der Waals surface area (Å²) >= 11 is 2.94. The molecule has 0 radical (unpaired) electrons. The second kappa shape index (κ2) is 6.52. The number of hydrogen-bond donors (Lipinski definition) is 0. The molecule has 0 fully saturated rings. The van der Waals surface area contributed by atoms with Crippen molar-refractivity contribution >= 4 is 28.6 Å². The van der Waals surface area contributed by atoms with E-state index in [0.717, 1.165) is 16.1 Å². The Morgan fingerprint density at radius 3 is 2.70 bits per heavy atom. The smallest absolute Gasteiger partial charge is 0.355 e. The molecule has 118 valence electrons. The van der Waals surface area contributed by atoms with Gasteiger partial charge in [0.1, 0.15) is 9.88 Å². The Bertz CT molecular complexity index is 838. The molecule has 0 aliphatic carbocycles. The highest BCUT2D eigenvalue weighted by Crippen LogP contribution is 2.32. The fraction of sp³-hybridized carbons (Fsp3) is 0.176. The van der Waals surface area contributed by atoms with Crippen molar-refractivity contribution in [3.05, 3.63) is 51.2 Å². The number of esters is 1. The lowest BCUT2D eigenvalue weighted by Gasteiger charge is -2.09. The average Bonchev–Trinajstić information content (AvgIpc) is 3.18. The van der Waals surface area contributed by atoms with Gasteiger partial charge in [0.05, 0.1) is 12.8 Å². The number of thiophene rings is 1. The topological polar surface area (TPSA) is 48.4 Å². The number of aromatic nitrogens is 1. The first kappa shape index (κ1) is 15.7. The third-order valence-corrected chi connectivity index (χ3v) is 5.14. The first-order chi connectivity index (χ1) is 11.1. The predicted octanol–water partition coefficient (Wildman–Crippen LogP) is 4.72. The number of carbonyl (C=O) groups is 1. The van der Waals surface area contributed by atoms with Gasteiger partial charge in [-0.2, -0.15) is 11.3 Å². The van der Waals surface area contributed by atoms with E-state index in [1.807, 2.05) is 42.8 Å². The number of carbonyl (C=O) groups excluding carboxylic acids is 1. The number of benzene rings is 1. The van der Waals surface area contributed by atoms with Crippen molar-refractivity contribution in [1.29, 1.82) is 0 Å². The molecular weight excluding hydrogens is 330 g/mol. The Kier molecular flexibility index (Phi) is 4.45. The van der Waals surface area contributed by atoms with E-state index in [2.05, 4.69) is 4.98 Å². The molecule has 1 aromatic carbocycles. The highest BCUT2D eigenvalue weighted by molar-refractivity contribution is 7.17. The highest BCUT2D eigenvalue weighted by Gasteiger charge is 2.20. The monoisotopic (exact) mass is 345 g/mol. The number of methoxy groups -OCH3 is 1. The molecule has 23 heavy (non-hydrogen) atoms. The summed E-state index contributed by atoms with van der Waals surface area (Å²) in [5, 5.41) is 4.82. The van der Waals surface area contributed by atoms with E-state index in [4.69, 9.17) is 9.47 Å². The maximum absolute atomic E-state index is 12.5. The number of thiazole rings is 1. The molecule has 3 aromatic rings. The number of hydrogen-bond acceptors (Lipinski definition) is 6. The molecule has 0 bridgehead atoms. The number of ether oxygens (including phenoxy) is 2. The lowest BCUT2D eigenvalue weighted by Crippen LogP contribution is -2.09. The largest absolute Gasteiger partial charge is 0.493 e. The van der Waals surface area contributed by atoms with Gasteiger partial charge >= 0.3 is 5.97 Å². The van der Waals surface area contributed by atoms with Gasteiger partial charge in [0.2, 0.25) is 0 Å². The molecule has 0 aliphatic heterocycles. The number of aryl methyl sites for hydroxylation is 2. The SMILES string of the molecule is COc1cc(C)ccc1OC(=O)c1sc(-c2ccsc2)nc1C. The van der Waals surface area contributed by atoms with Crippen molar-refractivity contribution in [2.75, 3.05) is 7.11 Å². The van der Waals surface area contributed by atoms with Crippen LogP contribution in [0.1, 0.15) is 20.9 Å². The molecule has 0 saturated carbocycles. The van der Waals surface area contributed by atoms with Crippen LogP contribution in [0.5, 0.6) is 11.5 Å². The zero-order valence-electron chi connectivity index (χ0n) is 13.0. The Labute approximate surface area is 142 Å². The average molecular weight is 345 g/mol. The first-order valence-corrected chi connectivity index (χ1v) is 8.71. The summed E-state index contributed by atoms with van der Waals surface area (Å²) in [5.41, 5.74) is 2.73. The van der Waals surface area contributed by atoms with Gasteiger partial charge in [-0.05, 0) is 43.0 Å². The fourth-order valence-corrected chi connectivity index (χ4v) is 3.76. The molecule has 4 nitrogen and oxygen atoms in total. The van der Waals surface area contributed by atoms with Crippen LogP contribution < -0.4 is 9.47 Å². The van der Waals surface area contributed by atoms with E-state index in [-0.39, 0.29) is 0 Å². The van der Waals surface area contributed by atoms with Gasteiger partial charge in [-0.1, -0.05) is 6.07 Å².